The molecule has 0 fully saturated rings. The van der Waals surface area contributed by atoms with Crippen LogP contribution in [-0.4, -0.2) is 23.9 Å². The molecule has 9 heteroatoms. The number of anilines is 1. The van der Waals surface area contributed by atoms with Crippen LogP contribution in [0.15, 0.2) is 36.4 Å². The number of hydrogen-bond donors (Lipinski definition) is 1. The summed E-state index contributed by atoms with van der Waals surface area (Å²) < 4.78 is 17.9. The van der Waals surface area contributed by atoms with E-state index < -0.39 is 28.3 Å². The first kappa shape index (κ1) is 17.4. The lowest BCUT2D eigenvalue weighted by Crippen LogP contribution is -2.15. The van der Waals surface area contributed by atoms with E-state index >= 15 is 0 Å². The highest BCUT2D eigenvalue weighted by Gasteiger charge is 2.19. The van der Waals surface area contributed by atoms with Crippen LogP contribution in [0.3, 0.4) is 0 Å². The molecule has 0 saturated carbocycles. The van der Waals surface area contributed by atoms with Gasteiger partial charge in [-0.1, -0.05) is 11.6 Å². The van der Waals surface area contributed by atoms with Gasteiger partial charge >= 0.3 is 11.7 Å². The number of nitro groups is 1. The van der Waals surface area contributed by atoms with E-state index in [0.29, 0.717) is 0 Å². The van der Waals surface area contributed by atoms with Gasteiger partial charge in [-0.15, -0.1) is 0 Å². The van der Waals surface area contributed by atoms with E-state index in [-0.39, 0.29) is 21.8 Å². The smallest absolute Gasteiger partial charge is 0.340 e. The number of nitrogens with one attached hydrogen (secondary N) is 1. The zero-order valence-electron chi connectivity index (χ0n) is 12.2. The van der Waals surface area contributed by atoms with Crippen molar-refractivity contribution in [3.05, 3.63) is 68.5 Å². The number of amides is 1. The topological polar surface area (TPSA) is 98.5 Å². The molecular formula is C15H10ClFN2O5. The highest BCUT2D eigenvalue weighted by Crippen LogP contribution is 2.23. The Balaban J connectivity index is 2.35. The van der Waals surface area contributed by atoms with Gasteiger partial charge in [-0.2, -0.15) is 4.39 Å². The number of rotatable bonds is 4. The average Bonchev–Trinajstić information content (AvgIpc) is 2.55. The number of esters is 1. The summed E-state index contributed by atoms with van der Waals surface area (Å²) in [6.45, 7) is 0. The van der Waals surface area contributed by atoms with E-state index in [9.17, 15) is 24.1 Å². The van der Waals surface area contributed by atoms with Gasteiger partial charge in [0.25, 0.3) is 5.91 Å². The minimum Gasteiger partial charge on any atom is -0.465 e. The molecule has 0 heterocycles. The second-order valence-corrected chi connectivity index (χ2v) is 5.00. The molecule has 0 aromatic heterocycles. The van der Waals surface area contributed by atoms with Crippen molar-refractivity contribution in [2.45, 2.75) is 0 Å². The highest BCUT2D eigenvalue weighted by molar-refractivity contribution is 6.31. The number of ether oxygens (including phenoxy) is 1. The number of carbonyl (C=O) groups is 2. The Bertz CT molecular complexity index is 841. The fraction of sp³-hybridized carbons (Fsp3) is 0.0667. The third-order valence-corrected chi connectivity index (χ3v) is 3.28. The Hall–Kier alpha value is -3.00. The summed E-state index contributed by atoms with van der Waals surface area (Å²) in [4.78, 5) is 33.7. The number of halogens is 2. The maximum atomic E-state index is 13.3. The Morgan fingerprint density at radius 1 is 1.25 bits per heavy atom. The molecule has 7 nitrogen and oxygen atoms in total. The molecule has 2 aromatic carbocycles. The van der Waals surface area contributed by atoms with Gasteiger partial charge in [-0.25, -0.2) is 4.79 Å². The van der Waals surface area contributed by atoms with Gasteiger partial charge < -0.3 is 10.1 Å². The second-order valence-electron chi connectivity index (χ2n) is 4.56. The molecule has 1 N–H and O–H groups in total. The number of carbonyl (C=O) groups excluding carboxylic acids is 2. The number of hydrogen-bond acceptors (Lipinski definition) is 5. The van der Waals surface area contributed by atoms with Crippen LogP contribution < -0.4 is 5.32 Å². The molecule has 24 heavy (non-hydrogen) atoms. The van der Waals surface area contributed by atoms with E-state index in [0.717, 1.165) is 25.3 Å². The SMILES string of the molecule is COC(=O)c1cc(Cl)ccc1NC(=O)c1ccc(F)c([N+](=O)[O-])c1. The molecule has 124 valence electrons. The first-order chi connectivity index (χ1) is 11.3. The Morgan fingerprint density at radius 2 is 1.96 bits per heavy atom. The lowest BCUT2D eigenvalue weighted by molar-refractivity contribution is -0.387. The van der Waals surface area contributed by atoms with E-state index in [1.165, 1.54) is 18.2 Å². The molecule has 0 unspecified atom stereocenters. The largest absolute Gasteiger partial charge is 0.465 e. The van der Waals surface area contributed by atoms with Gasteiger partial charge in [0.05, 0.1) is 23.3 Å². The van der Waals surface area contributed by atoms with Crippen molar-refractivity contribution in [3.8, 4) is 0 Å². The predicted molar refractivity (Wildman–Crippen MR) is 83.8 cm³/mol. The third kappa shape index (κ3) is 3.66. The van der Waals surface area contributed by atoms with Crippen molar-refractivity contribution < 1.29 is 23.6 Å². The summed E-state index contributed by atoms with van der Waals surface area (Å²) >= 11 is 5.81. The maximum absolute atomic E-state index is 13.3. The molecule has 0 aliphatic rings. The minimum atomic E-state index is -1.06. The van der Waals surface area contributed by atoms with Crippen molar-refractivity contribution in [2.75, 3.05) is 12.4 Å². The van der Waals surface area contributed by atoms with E-state index in [1.54, 1.807) is 0 Å². The summed E-state index contributed by atoms with van der Waals surface area (Å²) in [7, 11) is 1.16. The quantitative estimate of drug-likeness (QED) is 0.516. The first-order valence-electron chi connectivity index (χ1n) is 6.46. The molecular weight excluding hydrogens is 343 g/mol. The molecule has 0 bridgehead atoms. The van der Waals surface area contributed by atoms with Gasteiger partial charge in [0.15, 0.2) is 0 Å². The number of methoxy groups -OCH3 is 1. The Kier molecular flexibility index (Phi) is 5.10. The molecule has 2 aromatic rings. The molecule has 0 radical (unpaired) electrons. The number of nitrogens with zero attached hydrogens (tertiary/aromatic N) is 1. The molecule has 0 aliphatic carbocycles. The number of benzene rings is 2. The van der Waals surface area contributed by atoms with E-state index in [2.05, 4.69) is 10.1 Å². The van der Waals surface area contributed by atoms with Crippen molar-refractivity contribution in [3.63, 3.8) is 0 Å². The van der Waals surface area contributed by atoms with Crippen LogP contribution in [0.4, 0.5) is 15.8 Å². The van der Waals surface area contributed by atoms with Crippen molar-refractivity contribution in [2.24, 2.45) is 0 Å². The molecule has 1 amide bonds. The van der Waals surface area contributed by atoms with Crippen LogP contribution in [0.25, 0.3) is 0 Å². The van der Waals surface area contributed by atoms with Crippen LogP contribution >= 0.6 is 11.6 Å². The zero-order chi connectivity index (χ0) is 17.9. The molecule has 0 spiro atoms. The minimum absolute atomic E-state index is 0.00922. The normalized spacial score (nSPS) is 10.1. The van der Waals surface area contributed by atoms with Crippen LogP contribution in [-0.2, 0) is 4.74 Å². The van der Waals surface area contributed by atoms with Crippen LogP contribution in [0, 0.1) is 15.9 Å². The van der Waals surface area contributed by atoms with Gasteiger partial charge in [0.2, 0.25) is 5.82 Å². The lowest BCUT2D eigenvalue weighted by atomic mass is 10.1. The second kappa shape index (κ2) is 7.05. The lowest BCUT2D eigenvalue weighted by Gasteiger charge is -2.10. The van der Waals surface area contributed by atoms with Crippen LogP contribution in [0.2, 0.25) is 5.02 Å². The average molecular weight is 353 g/mol. The van der Waals surface area contributed by atoms with Crippen LogP contribution in [0.1, 0.15) is 20.7 Å². The third-order valence-electron chi connectivity index (χ3n) is 3.04. The maximum Gasteiger partial charge on any atom is 0.340 e. The molecule has 0 saturated heterocycles. The Labute approximate surface area is 140 Å². The first-order valence-corrected chi connectivity index (χ1v) is 6.84. The fourth-order valence-electron chi connectivity index (χ4n) is 1.89. The van der Waals surface area contributed by atoms with Gasteiger partial charge in [-0.3, -0.25) is 14.9 Å². The summed E-state index contributed by atoms with van der Waals surface area (Å²) in [6, 6.07) is 6.83. The van der Waals surface area contributed by atoms with Crippen LogP contribution in [0.5, 0.6) is 0 Å². The van der Waals surface area contributed by atoms with Crippen molar-refractivity contribution >= 4 is 34.9 Å². The summed E-state index contributed by atoms with van der Waals surface area (Å²) in [5, 5.41) is 13.4. The zero-order valence-corrected chi connectivity index (χ0v) is 13.0. The molecule has 0 aliphatic heterocycles. The van der Waals surface area contributed by atoms with E-state index in [4.69, 9.17) is 11.6 Å². The molecule has 2 rings (SSSR count). The monoisotopic (exact) mass is 352 g/mol. The summed E-state index contributed by atoms with van der Waals surface area (Å²) in [5.41, 5.74) is -0.862. The predicted octanol–water partition coefficient (Wildman–Crippen LogP) is 3.43. The van der Waals surface area contributed by atoms with Gasteiger partial charge in [-0.05, 0) is 30.3 Å². The molecule has 0 atom stereocenters. The van der Waals surface area contributed by atoms with Gasteiger partial charge in [0.1, 0.15) is 0 Å². The Morgan fingerprint density at radius 3 is 2.58 bits per heavy atom. The van der Waals surface area contributed by atoms with Gasteiger partial charge in [0, 0.05) is 16.7 Å². The number of nitro benzene ring substituents is 1. The van der Waals surface area contributed by atoms with E-state index in [1.807, 2.05) is 0 Å². The standard InChI is InChI=1S/C15H10ClFN2O5/c1-24-15(21)10-7-9(16)3-5-12(10)18-14(20)8-2-4-11(17)13(6-8)19(22)23/h2-7H,1H3,(H,18,20). The summed E-state index contributed by atoms with van der Waals surface area (Å²) in [5.74, 6) is -2.54. The summed E-state index contributed by atoms with van der Waals surface area (Å²) in [6.07, 6.45) is 0. The fourth-order valence-corrected chi connectivity index (χ4v) is 2.06. The van der Waals surface area contributed by atoms with Crippen molar-refractivity contribution in [1.29, 1.82) is 0 Å². The highest BCUT2D eigenvalue weighted by atomic mass is 35.5. The van der Waals surface area contributed by atoms with Crippen molar-refractivity contribution in [1.82, 2.24) is 0 Å².